The van der Waals surface area contributed by atoms with Gasteiger partial charge in [0.25, 0.3) is 0 Å². The Kier molecular flexibility index (Phi) is 5.33. The average Bonchev–Trinajstić information content (AvgIpc) is 2.92. The van der Waals surface area contributed by atoms with Crippen LogP contribution in [0.2, 0.25) is 5.02 Å². The van der Waals surface area contributed by atoms with E-state index in [0.717, 1.165) is 22.3 Å². The van der Waals surface area contributed by atoms with Gasteiger partial charge in [0, 0.05) is 19.5 Å². The highest BCUT2D eigenvalue weighted by molar-refractivity contribution is 6.34. The molecule has 0 spiro atoms. The van der Waals surface area contributed by atoms with E-state index in [0.29, 0.717) is 23.8 Å². The van der Waals surface area contributed by atoms with Crippen LogP contribution in [0.25, 0.3) is 0 Å². The number of halogens is 1. The van der Waals surface area contributed by atoms with Crippen LogP contribution in [0.4, 0.5) is 5.69 Å². The van der Waals surface area contributed by atoms with Gasteiger partial charge in [0.1, 0.15) is 0 Å². The Bertz CT molecular complexity index is 840. The molecule has 2 amide bonds. The highest BCUT2D eigenvalue weighted by Crippen LogP contribution is 2.29. The lowest BCUT2D eigenvalue weighted by Gasteiger charge is -2.18. The molecule has 2 aromatic carbocycles. The lowest BCUT2D eigenvalue weighted by molar-refractivity contribution is -0.128. The first kappa shape index (κ1) is 18.5. The predicted molar refractivity (Wildman–Crippen MR) is 104 cm³/mol. The van der Waals surface area contributed by atoms with Crippen molar-refractivity contribution < 1.29 is 9.59 Å². The number of benzene rings is 2. The van der Waals surface area contributed by atoms with Crippen molar-refractivity contribution in [1.82, 2.24) is 4.90 Å². The summed E-state index contributed by atoms with van der Waals surface area (Å²) in [6.07, 6.45) is 0.236. The number of aryl methyl sites for hydroxylation is 3. The van der Waals surface area contributed by atoms with Crippen molar-refractivity contribution in [2.75, 3.05) is 11.9 Å². The summed E-state index contributed by atoms with van der Waals surface area (Å²) in [6.45, 7) is 6.87. The van der Waals surface area contributed by atoms with Crippen LogP contribution in [0.1, 0.15) is 28.7 Å². The number of likely N-dealkylation sites (tertiary alicyclic amines) is 1. The van der Waals surface area contributed by atoms with Gasteiger partial charge in [0.15, 0.2) is 0 Å². The van der Waals surface area contributed by atoms with Gasteiger partial charge in [0.05, 0.1) is 16.6 Å². The highest BCUT2D eigenvalue weighted by atomic mass is 35.5. The minimum Gasteiger partial charge on any atom is -0.338 e. The molecule has 0 aromatic heterocycles. The Labute approximate surface area is 159 Å². The van der Waals surface area contributed by atoms with Crippen molar-refractivity contribution in [3.8, 4) is 0 Å². The van der Waals surface area contributed by atoms with Gasteiger partial charge in [-0.05, 0) is 43.5 Å². The second kappa shape index (κ2) is 7.50. The van der Waals surface area contributed by atoms with Gasteiger partial charge in [-0.2, -0.15) is 0 Å². The predicted octanol–water partition coefficient (Wildman–Crippen LogP) is 4.25. The minimum absolute atomic E-state index is 0.0124. The van der Waals surface area contributed by atoms with Crippen LogP contribution in [0, 0.1) is 26.7 Å². The largest absolute Gasteiger partial charge is 0.338 e. The molecule has 0 bridgehead atoms. The molecule has 1 unspecified atom stereocenters. The molecule has 2 aromatic rings. The molecule has 1 aliphatic rings. The topological polar surface area (TPSA) is 49.4 Å². The molecule has 26 heavy (non-hydrogen) atoms. The van der Waals surface area contributed by atoms with E-state index < -0.39 is 0 Å². The number of hydrogen-bond donors (Lipinski definition) is 1. The summed E-state index contributed by atoms with van der Waals surface area (Å²) >= 11 is 6.27. The number of anilines is 1. The number of carbonyl (C=O) groups is 2. The van der Waals surface area contributed by atoms with Crippen LogP contribution in [-0.4, -0.2) is 23.3 Å². The molecule has 136 valence electrons. The standard InChI is InChI=1S/C21H23ClN2O2/c1-13-5-4-6-16(8-13)11-24-12-17(10-19(24)25)21(26)23-20-15(3)7-14(2)9-18(20)22/h4-9,17H,10-12H2,1-3H3,(H,23,26). The van der Waals surface area contributed by atoms with Crippen molar-refractivity contribution in [3.63, 3.8) is 0 Å². The first-order chi connectivity index (χ1) is 12.3. The molecule has 3 rings (SSSR count). The third-order valence-electron chi connectivity index (χ3n) is 4.72. The molecule has 0 saturated carbocycles. The first-order valence-electron chi connectivity index (χ1n) is 8.74. The summed E-state index contributed by atoms with van der Waals surface area (Å²) in [5.74, 6) is -0.499. The average molecular weight is 371 g/mol. The zero-order chi connectivity index (χ0) is 18.8. The SMILES string of the molecule is Cc1cccc(CN2CC(C(=O)Nc3c(C)cc(C)cc3Cl)CC2=O)c1. The maximum Gasteiger partial charge on any atom is 0.229 e. The molecular formula is C21H23ClN2O2. The fourth-order valence-corrected chi connectivity index (χ4v) is 3.80. The van der Waals surface area contributed by atoms with E-state index in [1.165, 1.54) is 0 Å². The Morgan fingerprint density at radius 2 is 1.96 bits per heavy atom. The fraction of sp³-hybridized carbons (Fsp3) is 0.333. The highest BCUT2D eigenvalue weighted by Gasteiger charge is 2.34. The van der Waals surface area contributed by atoms with E-state index >= 15 is 0 Å². The third-order valence-corrected chi connectivity index (χ3v) is 5.02. The molecule has 0 radical (unpaired) electrons. The number of nitrogens with one attached hydrogen (secondary N) is 1. The number of hydrogen-bond acceptors (Lipinski definition) is 2. The monoisotopic (exact) mass is 370 g/mol. The van der Waals surface area contributed by atoms with Crippen LogP contribution in [0.15, 0.2) is 36.4 Å². The van der Waals surface area contributed by atoms with Gasteiger partial charge in [-0.15, -0.1) is 0 Å². The molecule has 0 aliphatic carbocycles. The number of carbonyl (C=O) groups excluding carboxylic acids is 2. The summed E-state index contributed by atoms with van der Waals surface area (Å²) in [5.41, 5.74) is 4.84. The molecule has 1 heterocycles. The van der Waals surface area contributed by atoms with Crippen LogP contribution >= 0.6 is 11.6 Å². The van der Waals surface area contributed by atoms with Crippen LogP contribution in [-0.2, 0) is 16.1 Å². The molecule has 1 saturated heterocycles. The lowest BCUT2D eigenvalue weighted by Crippen LogP contribution is -2.28. The first-order valence-corrected chi connectivity index (χ1v) is 9.12. The lowest BCUT2D eigenvalue weighted by atomic mass is 10.1. The summed E-state index contributed by atoms with van der Waals surface area (Å²) < 4.78 is 0. The van der Waals surface area contributed by atoms with Gasteiger partial charge in [-0.25, -0.2) is 0 Å². The second-order valence-electron chi connectivity index (χ2n) is 7.09. The molecule has 1 N–H and O–H groups in total. The fourth-order valence-electron chi connectivity index (χ4n) is 3.43. The van der Waals surface area contributed by atoms with Gasteiger partial charge in [0.2, 0.25) is 11.8 Å². The van der Waals surface area contributed by atoms with E-state index in [-0.39, 0.29) is 24.2 Å². The Hall–Kier alpha value is -2.33. The van der Waals surface area contributed by atoms with Crippen molar-refractivity contribution in [2.24, 2.45) is 5.92 Å². The summed E-state index contributed by atoms with van der Waals surface area (Å²) in [5, 5.41) is 3.44. The van der Waals surface area contributed by atoms with E-state index in [9.17, 15) is 9.59 Å². The van der Waals surface area contributed by atoms with E-state index in [4.69, 9.17) is 11.6 Å². The van der Waals surface area contributed by atoms with Crippen LogP contribution < -0.4 is 5.32 Å². The van der Waals surface area contributed by atoms with Gasteiger partial charge in [-0.3, -0.25) is 9.59 Å². The van der Waals surface area contributed by atoms with E-state index in [1.54, 1.807) is 4.90 Å². The molecular weight excluding hydrogens is 348 g/mol. The smallest absolute Gasteiger partial charge is 0.229 e. The summed E-state index contributed by atoms with van der Waals surface area (Å²) in [4.78, 5) is 26.7. The quantitative estimate of drug-likeness (QED) is 0.874. The van der Waals surface area contributed by atoms with E-state index in [2.05, 4.69) is 11.4 Å². The molecule has 4 nitrogen and oxygen atoms in total. The van der Waals surface area contributed by atoms with Gasteiger partial charge < -0.3 is 10.2 Å². The van der Waals surface area contributed by atoms with Crippen LogP contribution in [0.5, 0.6) is 0 Å². The van der Waals surface area contributed by atoms with Crippen molar-refractivity contribution in [1.29, 1.82) is 0 Å². The Balaban J connectivity index is 1.67. The third kappa shape index (κ3) is 4.07. The molecule has 1 atom stereocenters. The number of nitrogens with zero attached hydrogens (tertiary/aromatic N) is 1. The number of amides is 2. The Morgan fingerprint density at radius 1 is 1.19 bits per heavy atom. The normalized spacial score (nSPS) is 16.8. The minimum atomic E-state index is -0.357. The number of rotatable bonds is 4. The molecule has 1 fully saturated rings. The molecule has 5 heteroatoms. The Morgan fingerprint density at radius 3 is 2.65 bits per heavy atom. The zero-order valence-corrected chi connectivity index (χ0v) is 16.1. The van der Waals surface area contributed by atoms with Gasteiger partial charge in [-0.1, -0.05) is 47.5 Å². The maximum absolute atomic E-state index is 12.7. The van der Waals surface area contributed by atoms with E-state index in [1.807, 2.05) is 51.1 Å². The maximum atomic E-state index is 12.7. The zero-order valence-electron chi connectivity index (χ0n) is 15.3. The summed E-state index contributed by atoms with van der Waals surface area (Å²) in [6, 6.07) is 11.9. The second-order valence-corrected chi connectivity index (χ2v) is 7.50. The van der Waals surface area contributed by atoms with Crippen molar-refractivity contribution in [2.45, 2.75) is 33.7 Å². The van der Waals surface area contributed by atoms with Crippen molar-refractivity contribution >= 4 is 29.1 Å². The molecule has 1 aliphatic heterocycles. The summed E-state index contributed by atoms with van der Waals surface area (Å²) in [7, 11) is 0. The van der Waals surface area contributed by atoms with Gasteiger partial charge >= 0.3 is 0 Å². The van der Waals surface area contributed by atoms with Crippen molar-refractivity contribution in [3.05, 3.63) is 63.7 Å². The van der Waals surface area contributed by atoms with Crippen LogP contribution in [0.3, 0.4) is 0 Å².